The number of nitrogens with two attached hydrogens (primary N) is 1. The number of hydrogen-bond acceptors (Lipinski definition) is 3. The van der Waals surface area contributed by atoms with Crippen molar-refractivity contribution >= 4 is 5.69 Å². The van der Waals surface area contributed by atoms with Crippen LogP contribution in [0, 0.1) is 0 Å². The highest BCUT2D eigenvalue weighted by molar-refractivity contribution is 5.48. The van der Waals surface area contributed by atoms with Gasteiger partial charge in [0.15, 0.2) is 0 Å². The lowest BCUT2D eigenvalue weighted by Gasteiger charge is -2.11. The minimum Gasteiger partial charge on any atom is -0.491 e. The van der Waals surface area contributed by atoms with Gasteiger partial charge in [-0.1, -0.05) is 0 Å². The summed E-state index contributed by atoms with van der Waals surface area (Å²) in [4.78, 5) is 0. The fourth-order valence-electron chi connectivity index (χ4n) is 1.23. The summed E-state index contributed by atoms with van der Waals surface area (Å²) in [6.07, 6.45) is -4.42. The van der Waals surface area contributed by atoms with E-state index in [1.807, 2.05) is 6.92 Å². The van der Waals surface area contributed by atoms with E-state index in [2.05, 4.69) is 0 Å². The van der Waals surface area contributed by atoms with E-state index in [-0.39, 0.29) is 18.0 Å². The van der Waals surface area contributed by atoms with Crippen LogP contribution in [0.3, 0.4) is 0 Å². The van der Waals surface area contributed by atoms with Crippen LogP contribution in [0.2, 0.25) is 0 Å². The molecule has 0 atom stereocenters. The van der Waals surface area contributed by atoms with Crippen molar-refractivity contribution in [1.82, 2.24) is 0 Å². The third-order valence-electron chi connectivity index (χ3n) is 1.96. The van der Waals surface area contributed by atoms with Crippen LogP contribution in [0.15, 0.2) is 18.2 Å². The van der Waals surface area contributed by atoms with Crippen LogP contribution in [0.4, 0.5) is 18.9 Å². The highest BCUT2D eigenvalue weighted by Crippen LogP contribution is 2.33. The second-order valence-corrected chi connectivity index (χ2v) is 3.33. The molecule has 0 saturated heterocycles. The van der Waals surface area contributed by atoms with Crippen molar-refractivity contribution in [1.29, 1.82) is 0 Å². The summed E-state index contributed by atoms with van der Waals surface area (Å²) in [5, 5.41) is 0. The van der Waals surface area contributed by atoms with Gasteiger partial charge in [-0.3, -0.25) is 0 Å². The average Bonchev–Trinajstić information content (AvgIpc) is 2.22. The van der Waals surface area contributed by atoms with Crippen molar-refractivity contribution < 1.29 is 22.6 Å². The van der Waals surface area contributed by atoms with Crippen LogP contribution in [0.5, 0.6) is 5.75 Å². The van der Waals surface area contributed by atoms with E-state index in [1.54, 1.807) is 0 Å². The number of halogens is 3. The summed E-state index contributed by atoms with van der Waals surface area (Å²) < 4.78 is 47.5. The Bertz CT molecular complexity index is 366. The first-order valence-corrected chi connectivity index (χ1v) is 5.11. The Morgan fingerprint density at radius 1 is 1.18 bits per heavy atom. The van der Waals surface area contributed by atoms with Crippen molar-refractivity contribution in [2.24, 2.45) is 0 Å². The molecule has 0 spiro atoms. The zero-order valence-electron chi connectivity index (χ0n) is 9.38. The van der Waals surface area contributed by atoms with Crippen LogP contribution in [-0.4, -0.2) is 19.8 Å². The lowest BCUT2D eigenvalue weighted by Crippen LogP contribution is -2.09. The summed E-state index contributed by atoms with van der Waals surface area (Å²) in [6.45, 7) is 2.87. The minimum absolute atomic E-state index is 0.0197. The molecule has 0 aromatic heterocycles. The Labute approximate surface area is 97.3 Å². The molecule has 0 bridgehead atoms. The smallest absolute Gasteiger partial charge is 0.416 e. The quantitative estimate of drug-likeness (QED) is 0.644. The topological polar surface area (TPSA) is 44.5 Å². The highest BCUT2D eigenvalue weighted by Gasteiger charge is 2.31. The van der Waals surface area contributed by atoms with Gasteiger partial charge < -0.3 is 15.2 Å². The first-order chi connectivity index (χ1) is 7.93. The first kappa shape index (κ1) is 13.6. The first-order valence-electron chi connectivity index (χ1n) is 5.11. The highest BCUT2D eigenvalue weighted by atomic mass is 19.4. The fraction of sp³-hybridized carbons (Fsp3) is 0.455. The molecule has 2 N–H and O–H groups in total. The molecule has 96 valence electrons. The number of hydrogen-bond donors (Lipinski definition) is 1. The molecule has 6 heteroatoms. The standard InChI is InChI=1S/C11H14F3NO2/c1-2-16-3-4-17-10-6-8(11(12,13)14)5-9(15)7-10/h5-7H,2-4,15H2,1H3. The number of anilines is 1. The fourth-order valence-corrected chi connectivity index (χ4v) is 1.23. The Morgan fingerprint density at radius 3 is 2.47 bits per heavy atom. The lowest BCUT2D eigenvalue weighted by atomic mass is 10.2. The van der Waals surface area contributed by atoms with E-state index in [4.69, 9.17) is 15.2 Å². The van der Waals surface area contributed by atoms with Crippen molar-refractivity contribution in [3.8, 4) is 5.75 Å². The molecule has 0 heterocycles. The van der Waals surface area contributed by atoms with Crippen LogP contribution >= 0.6 is 0 Å². The largest absolute Gasteiger partial charge is 0.491 e. The number of ether oxygens (including phenoxy) is 2. The van der Waals surface area contributed by atoms with Gasteiger partial charge in [0, 0.05) is 18.4 Å². The SMILES string of the molecule is CCOCCOc1cc(N)cc(C(F)(F)F)c1. The summed E-state index contributed by atoms with van der Waals surface area (Å²) in [5.41, 5.74) is 4.58. The van der Waals surface area contributed by atoms with Gasteiger partial charge in [0.25, 0.3) is 0 Å². The predicted octanol–water partition coefficient (Wildman–Crippen LogP) is 2.70. The number of nitrogen functional groups attached to an aromatic ring is 1. The van der Waals surface area contributed by atoms with Gasteiger partial charge in [-0.25, -0.2) is 0 Å². The Hall–Kier alpha value is -1.43. The zero-order chi connectivity index (χ0) is 12.9. The molecule has 0 aliphatic rings. The molecule has 0 radical (unpaired) electrons. The van der Waals surface area contributed by atoms with E-state index in [0.29, 0.717) is 13.2 Å². The zero-order valence-corrected chi connectivity index (χ0v) is 9.38. The van der Waals surface area contributed by atoms with Crippen LogP contribution in [0.25, 0.3) is 0 Å². The second kappa shape index (κ2) is 5.77. The van der Waals surface area contributed by atoms with Crippen molar-refractivity contribution in [2.45, 2.75) is 13.1 Å². The van der Waals surface area contributed by atoms with E-state index in [1.165, 1.54) is 6.07 Å². The molecule has 0 amide bonds. The monoisotopic (exact) mass is 249 g/mol. The van der Waals surface area contributed by atoms with Gasteiger partial charge in [-0.05, 0) is 19.1 Å². The van der Waals surface area contributed by atoms with Gasteiger partial charge in [-0.15, -0.1) is 0 Å². The lowest BCUT2D eigenvalue weighted by molar-refractivity contribution is -0.137. The number of benzene rings is 1. The summed E-state index contributed by atoms with van der Waals surface area (Å²) in [5.74, 6) is 0.0945. The number of alkyl halides is 3. The van der Waals surface area contributed by atoms with E-state index >= 15 is 0 Å². The van der Waals surface area contributed by atoms with Gasteiger partial charge in [0.2, 0.25) is 0 Å². The molecule has 0 aliphatic heterocycles. The van der Waals surface area contributed by atoms with E-state index < -0.39 is 11.7 Å². The van der Waals surface area contributed by atoms with E-state index in [9.17, 15) is 13.2 Å². The van der Waals surface area contributed by atoms with Crippen molar-refractivity contribution in [2.75, 3.05) is 25.6 Å². The molecular formula is C11H14F3NO2. The van der Waals surface area contributed by atoms with Gasteiger partial charge in [0.1, 0.15) is 12.4 Å². The predicted molar refractivity (Wildman–Crippen MR) is 57.8 cm³/mol. The van der Waals surface area contributed by atoms with Gasteiger partial charge in [0.05, 0.1) is 12.2 Å². The molecule has 17 heavy (non-hydrogen) atoms. The van der Waals surface area contributed by atoms with Crippen molar-refractivity contribution in [3.63, 3.8) is 0 Å². The van der Waals surface area contributed by atoms with Gasteiger partial charge >= 0.3 is 6.18 Å². The molecule has 0 fully saturated rings. The number of rotatable bonds is 5. The van der Waals surface area contributed by atoms with Crippen LogP contribution in [-0.2, 0) is 10.9 Å². The van der Waals surface area contributed by atoms with Crippen molar-refractivity contribution in [3.05, 3.63) is 23.8 Å². The average molecular weight is 249 g/mol. The van der Waals surface area contributed by atoms with Gasteiger partial charge in [-0.2, -0.15) is 13.2 Å². The maximum atomic E-state index is 12.5. The maximum Gasteiger partial charge on any atom is 0.416 e. The third kappa shape index (κ3) is 4.52. The molecule has 3 nitrogen and oxygen atoms in total. The summed E-state index contributed by atoms with van der Waals surface area (Å²) in [6, 6.07) is 3.14. The molecule has 1 aromatic carbocycles. The third-order valence-corrected chi connectivity index (χ3v) is 1.96. The van der Waals surface area contributed by atoms with E-state index in [0.717, 1.165) is 12.1 Å². The van der Waals surface area contributed by atoms with Crippen LogP contribution in [0.1, 0.15) is 12.5 Å². The second-order valence-electron chi connectivity index (χ2n) is 3.33. The maximum absolute atomic E-state index is 12.5. The Balaban J connectivity index is 2.69. The normalized spacial score (nSPS) is 11.5. The molecular weight excluding hydrogens is 235 g/mol. The molecule has 0 saturated carbocycles. The van der Waals surface area contributed by atoms with Crippen LogP contribution < -0.4 is 10.5 Å². The summed E-state index contributed by atoms with van der Waals surface area (Å²) in [7, 11) is 0. The molecule has 0 unspecified atom stereocenters. The Morgan fingerprint density at radius 2 is 1.88 bits per heavy atom. The Kier molecular flexibility index (Phi) is 4.62. The summed E-state index contributed by atoms with van der Waals surface area (Å²) >= 11 is 0. The molecule has 1 rings (SSSR count). The molecule has 1 aromatic rings. The molecule has 0 aliphatic carbocycles. The minimum atomic E-state index is -4.42.